The zero-order valence-electron chi connectivity index (χ0n) is 9.58. The van der Waals surface area contributed by atoms with Gasteiger partial charge in [-0.3, -0.25) is 4.90 Å². The molecule has 1 nitrogen and oxygen atoms in total. The Labute approximate surface area is 87.9 Å². The van der Waals surface area contributed by atoms with Crippen molar-refractivity contribution in [3.63, 3.8) is 0 Å². The van der Waals surface area contributed by atoms with Crippen LogP contribution in [0.2, 0.25) is 0 Å². The number of rotatable bonds is 1. The van der Waals surface area contributed by atoms with Gasteiger partial charge in [0.05, 0.1) is 0 Å². The fourth-order valence-corrected chi connectivity index (χ4v) is 4.45. The third-order valence-electron chi connectivity index (χ3n) is 4.81. The Morgan fingerprint density at radius 3 is 2.00 bits per heavy atom. The van der Waals surface area contributed by atoms with Gasteiger partial charge in [-0.2, -0.15) is 0 Å². The lowest BCUT2D eigenvalue weighted by Gasteiger charge is -2.40. The topological polar surface area (TPSA) is 3.24 Å². The molecule has 2 saturated heterocycles. The summed E-state index contributed by atoms with van der Waals surface area (Å²) in [7, 11) is 0. The monoisotopic (exact) mass is 193 g/mol. The molecule has 80 valence electrons. The van der Waals surface area contributed by atoms with Gasteiger partial charge in [0, 0.05) is 18.6 Å². The summed E-state index contributed by atoms with van der Waals surface area (Å²) in [6.45, 7) is 6.17. The fourth-order valence-electron chi connectivity index (χ4n) is 4.45. The molecule has 0 N–H and O–H groups in total. The quantitative estimate of drug-likeness (QED) is 0.619. The minimum atomic E-state index is 0.776. The molecular weight excluding hydrogens is 170 g/mol. The molecule has 0 spiro atoms. The zero-order valence-corrected chi connectivity index (χ0v) is 9.58. The Morgan fingerprint density at radius 2 is 1.43 bits per heavy atom. The Morgan fingerprint density at radius 1 is 0.857 bits per heavy atom. The Bertz CT molecular complexity index is 209. The van der Waals surface area contributed by atoms with Crippen LogP contribution in [0.4, 0.5) is 0 Å². The van der Waals surface area contributed by atoms with Crippen molar-refractivity contribution in [3.8, 4) is 0 Å². The normalized spacial score (nSPS) is 47.4. The molecule has 2 aliphatic carbocycles. The Kier molecular flexibility index (Phi) is 2.12. The van der Waals surface area contributed by atoms with E-state index in [4.69, 9.17) is 0 Å². The van der Waals surface area contributed by atoms with Gasteiger partial charge >= 0.3 is 0 Å². The predicted octanol–water partition coefficient (Wildman–Crippen LogP) is 2.91. The Hall–Kier alpha value is -0.0400. The van der Waals surface area contributed by atoms with Crippen molar-refractivity contribution >= 4 is 0 Å². The molecule has 2 unspecified atom stereocenters. The van der Waals surface area contributed by atoms with Gasteiger partial charge in [-0.05, 0) is 63.7 Å². The van der Waals surface area contributed by atoms with Gasteiger partial charge in [0.1, 0.15) is 0 Å². The van der Waals surface area contributed by atoms with E-state index in [0.29, 0.717) is 0 Å². The molecule has 14 heavy (non-hydrogen) atoms. The van der Waals surface area contributed by atoms with Crippen LogP contribution in [0.3, 0.4) is 0 Å². The summed E-state index contributed by atoms with van der Waals surface area (Å²) >= 11 is 0. The van der Waals surface area contributed by atoms with Gasteiger partial charge in [0.2, 0.25) is 0 Å². The smallest absolute Gasteiger partial charge is 0.0103 e. The highest BCUT2D eigenvalue weighted by Crippen LogP contribution is 2.47. The van der Waals surface area contributed by atoms with Crippen molar-refractivity contribution in [2.24, 2.45) is 17.8 Å². The average Bonchev–Trinajstić information content (AvgIpc) is 2.30. The third kappa shape index (κ3) is 1.41. The molecule has 0 aromatic carbocycles. The number of hydrogen-bond acceptors (Lipinski definition) is 1. The number of fused-ring (bicyclic) bond motifs is 1. The number of hydrogen-bond donors (Lipinski definition) is 0. The van der Waals surface area contributed by atoms with Crippen LogP contribution in [0.15, 0.2) is 0 Å². The largest absolute Gasteiger partial charge is 0.298 e. The lowest BCUT2D eigenvalue weighted by molar-refractivity contribution is 0.107. The van der Waals surface area contributed by atoms with E-state index in [-0.39, 0.29) is 0 Å². The van der Waals surface area contributed by atoms with Crippen LogP contribution in [0.5, 0.6) is 0 Å². The molecule has 4 rings (SSSR count). The maximum absolute atomic E-state index is 2.81. The molecule has 2 heterocycles. The van der Waals surface area contributed by atoms with Gasteiger partial charge in [-0.25, -0.2) is 0 Å². The van der Waals surface area contributed by atoms with Gasteiger partial charge in [-0.15, -0.1) is 0 Å². The van der Waals surface area contributed by atoms with Crippen LogP contribution in [0.1, 0.15) is 46.0 Å². The van der Waals surface area contributed by atoms with Crippen LogP contribution >= 0.6 is 0 Å². The SMILES string of the molecule is CC(C)N1CC2CC3CC(C2)CC1C3. The van der Waals surface area contributed by atoms with Crippen molar-refractivity contribution in [2.45, 2.75) is 58.0 Å². The highest BCUT2D eigenvalue weighted by Gasteiger charge is 2.42. The van der Waals surface area contributed by atoms with E-state index in [1.165, 1.54) is 19.4 Å². The molecule has 4 bridgehead atoms. The molecule has 1 heteroatoms. The highest BCUT2D eigenvalue weighted by atomic mass is 15.2. The number of nitrogens with zero attached hydrogens (tertiary/aromatic N) is 1. The van der Waals surface area contributed by atoms with Crippen LogP contribution in [0, 0.1) is 17.8 Å². The molecular formula is C13H23N. The summed E-state index contributed by atoms with van der Waals surface area (Å²) in [4.78, 5) is 2.81. The van der Waals surface area contributed by atoms with E-state index in [9.17, 15) is 0 Å². The summed E-state index contributed by atoms with van der Waals surface area (Å²) < 4.78 is 0. The van der Waals surface area contributed by atoms with E-state index < -0.39 is 0 Å². The van der Waals surface area contributed by atoms with E-state index in [1.54, 1.807) is 19.3 Å². The molecule has 2 aliphatic heterocycles. The summed E-state index contributed by atoms with van der Waals surface area (Å²) in [5, 5.41) is 0. The second-order valence-electron chi connectivity index (χ2n) is 6.22. The second-order valence-corrected chi connectivity index (χ2v) is 6.22. The van der Waals surface area contributed by atoms with Crippen LogP contribution in [-0.2, 0) is 0 Å². The van der Waals surface area contributed by atoms with E-state index in [2.05, 4.69) is 18.7 Å². The van der Waals surface area contributed by atoms with Gasteiger partial charge < -0.3 is 0 Å². The van der Waals surface area contributed by atoms with Crippen molar-refractivity contribution in [1.29, 1.82) is 0 Å². The molecule has 0 aromatic heterocycles. The molecule has 0 aromatic rings. The van der Waals surface area contributed by atoms with E-state index in [1.807, 2.05) is 0 Å². The average molecular weight is 193 g/mol. The predicted molar refractivity (Wildman–Crippen MR) is 59.2 cm³/mol. The first-order valence-electron chi connectivity index (χ1n) is 6.48. The summed E-state index contributed by atoms with van der Waals surface area (Å²) in [6, 6.07) is 1.73. The van der Waals surface area contributed by atoms with Crippen LogP contribution < -0.4 is 0 Å². The minimum Gasteiger partial charge on any atom is -0.298 e. The lowest BCUT2D eigenvalue weighted by atomic mass is 9.68. The molecule has 4 fully saturated rings. The molecule has 0 radical (unpaired) electrons. The maximum atomic E-state index is 2.81. The standard InChI is InChI=1S/C13H23N/c1-9(2)14-8-12-4-10-3-11(5-12)7-13(14)6-10/h9-13H,3-8H2,1-2H3. The van der Waals surface area contributed by atoms with Gasteiger partial charge in [0.15, 0.2) is 0 Å². The van der Waals surface area contributed by atoms with Crippen LogP contribution in [-0.4, -0.2) is 23.5 Å². The molecule has 4 aliphatic rings. The Balaban J connectivity index is 1.86. The lowest BCUT2D eigenvalue weighted by Crippen LogP contribution is -2.42. The van der Waals surface area contributed by atoms with Crippen molar-refractivity contribution in [3.05, 3.63) is 0 Å². The molecule has 2 atom stereocenters. The second kappa shape index (κ2) is 3.23. The maximum Gasteiger partial charge on any atom is 0.0103 e. The van der Waals surface area contributed by atoms with Crippen LogP contribution in [0.25, 0.3) is 0 Å². The zero-order chi connectivity index (χ0) is 9.71. The summed E-state index contributed by atoms with van der Waals surface area (Å²) in [6.07, 6.45) is 7.71. The van der Waals surface area contributed by atoms with Gasteiger partial charge in [0.25, 0.3) is 0 Å². The summed E-state index contributed by atoms with van der Waals surface area (Å²) in [5.41, 5.74) is 0. The summed E-state index contributed by atoms with van der Waals surface area (Å²) in [5.74, 6) is 3.25. The minimum absolute atomic E-state index is 0.776. The third-order valence-corrected chi connectivity index (χ3v) is 4.81. The molecule has 2 saturated carbocycles. The van der Waals surface area contributed by atoms with E-state index >= 15 is 0 Å². The first-order chi connectivity index (χ1) is 6.72. The van der Waals surface area contributed by atoms with Crippen molar-refractivity contribution in [2.75, 3.05) is 6.54 Å². The van der Waals surface area contributed by atoms with E-state index in [0.717, 1.165) is 29.8 Å². The van der Waals surface area contributed by atoms with Crippen molar-refractivity contribution < 1.29 is 0 Å². The van der Waals surface area contributed by atoms with Gasteiger partial charge in [-0.1, -0.05) is 0 Å². The highest BCUT2D eigenvalue weighted by molar-refractivity contribution is 4.96. The first kappa shape index (κ1) is 9.21. The van der Waals surface area contributed by atoms with Crippen molar-refractivity contribution in [1.82, 2.24) is 4.90 Å². The first-order valence-corrected chi connectivity index (χ1v) is 6.48. The molecule has 0 amide bonds. The fraction of sp³-hybridized carbons (Fsp3) is 1.00.